The highest BCUT2D eigenvalue weighted by molar-refractivity contribution is 6.30. The van der Waals surface area contributed by atoms with Crippen LogP contribution in [-0.2, 0) is 12.9 Å². The van der Waals surface area contributed by atoms with Crippen molar-refractivity contribution < 1.29 is 0 Å². The summed E-state index contributed by atoms with van der Waals surface area (Å²) in [4.78, 5) is 2.20. The molecule has 0 N–H and O–H groups in total. The lowest BCUT2D eigenvalue weighted by molar-refractivity contribution is 0.672. The Bertz CT molecular complexity index is 590. The van der Waals surface area contributed by atoms with Gasteiger partial charge in [0.1, 0.15) is 5.82 Å². The average molecular weight is 312 g/mol. The smallest absolute Gasteiger partial charge is 0.131 e. The van der Waals surface area contributed by atoms with Gasteiger partial charge in [-0.15, -0.1) is 11.6 Å². The predicted octanol–water partition coefficient (Wildman–Crippen LogP) is 4.32. The molecule has 0 aliphatic carbocycles. The lowest BCUT2D eigenvalue weighted by Gasteiger charge is -2.28. The monoisotopic (exact) mass is 311 g/mol. The summed E-state index contributed by atoms with van der Waals surface area (Å²) in [5, 5.41) is 5.21. The Morgan fingerprint density at radius 3 is 2.45 bits per heavy atom. The van der Waals surface area contributed by atoms with E-state index in [4.69, 9.17) is 23.2 Å². The van der Waals surface area contributed by atoms with E-state index in [1.165, 1.54) is 5.56 Å². The summed E-state index contributed by atoms with van der Waals surface area (Å²) in [5.74, 6) is 1.52. The number of nitrogens with zero attached hydrogens (tertiary/aromatic N) is 3. The zero-order chi connectivity index (χ0) is 14.9. The van der Waals surface area contributed by atoms with E-state index in [1.807, 2.05) is 42.9 Å². The Kier molecular flexibility index (Phi) is 4.61. The lowest BCUT2D eigenvalue weighted by atomic mass is 10.1. The number of rotatable bonds is 4. The van der Waals surface area contributed by atoms with Crippen LogP contribution >= 0.6 is 23.2 Å². The molecule has 0 radical (unpaired) electrons. The Hall–Kier alpha value is -1.19. The number of benzene rings is 1. The molecule has 1 heterocycles. The van der Waals surface area contributed by atoms with E-state index in [-0.39, 0.29) is 6.04 Å². The topological polar surface area (TPSA) is 21.1 Å². The van der Waals surface area contributed by atoms with Crippen LogP contribution in [0.5, 0.6) is 0 Å². The standard InChI is InChI=1S/C15H19Cl2N3/c1-10-14(9-16)15(20(4)18-10)19(3)11(2)12-5-7-13(17)8-6-12/h5-8,11H,9H2,1-4H3. The first kappa shape index (κ1) is 15.2. The van der Waals surface area contributed by atoms with Gasteiger partial charge in [0.05, 0.1) is 17.6 Å². The molecule has 0 saturated carbocycles. The largest absolute Gasteiger partial charge is 0.353 e. The fourth-order valence-corrected chi connectivity index (χ4v) is 2.87. The van der Waals surface area contributed by atoms with Gasteiger partial charge >= 0.3 is 0 Å². The molecule has 0 aliphatic rings. The number of hydrogen-bond acceptors (Lipinski definition) is 2. The first-order valence-corrected chi connectivity index (χ1v) is 7.43. The molecule has 20 heavy (non-hydrogen) atoms. The van der Waals surface area contributed by atoms with Gasteiger partial charge in [-0.2, -0.15) is 5.10 Å². The molecule has 0 amide bonds. The van der Waals surface area contributed by atoms with Crippen LogP contribution in [0.2, 0.25) is 5.02 Å². The normalized spacial score (nSPS) is 12.5. The van der Waals surface area contributed by atoms with Crippen LogP contribution in [0.3, 0.4) is 0 Å². The van der Waals surface area contributed by atoms with Crippen molar-refractivity contribution in [3.05, 3.63) is 46.1 Å². The van der Waals surface area contributed by atoms with E-state index in [0.717, 1.165) is 22.1 Å². The molecule has 0 saturated heterocycles. The Morgan fingerprint density at radius 1 is 1.30 bits per heavy atom. The molecular formula is C15H19Cl2N3. The van der Waals surface area contributed by atoms with Gasteiger partial charge in [0.15, 0.2) is 0 Å². The number of alkyl halides is 1. The van der Waals surface area contributed by atoms with Gasteiger partial charge in [-0.1, -0.05) is 23.7 Å². The van der Waals surface area contributed by atoms with Crippen LogP contribution < -0.4 is 4.90 Å². The molecule has 0 bridgehead atoms. The Balaban J connectivity index is 2.35. The van der Waals surface area contributed by atoms with E-state index < -0.39 is 0 Å². The van der Waals surface area contributed by atoms with Gasteiger partial charge in [0.2, 0.25) is 0 Å². The van der Waals surface area contributed by atoms with E-state index >= 15 is 0 Å². The maximum absolute atomic E-state index is 6.07. The highest BCUT2D eigenvalue weighted by Crippen LogP contribution is 2.30. The zero-order valence-electron chi connectivity index (χ0n) is 12.2. The van der Waals surface area contributed by atoms with Gasteiger partial charge in [-0.3, -0.25) is 4.68 Å². The van der Waals surface area contributed by atoms with Crippen molar-refractivity contribution in [3.8, 4) is 0 Å². The summed E-state index contributed by atoms with van der Waals surface area (Å²) in [6.45, 7) is 4.14. The van der Waals surface area contributed by atoms with Crippen molar-refractivity contribution in [2.24, 2.45) is 7.05 Å². The van der Waals surface area contributed by atoms with Gasteiger partial charge in [-0.25, -0.2) is 0 Å². The van der Waals surface area contributed by atoms with Crippen LogP contribution in [0.1, 0.15) is 29.8 Å². The average Bonchev–Trinajstić information content (AvgIpc) is 2.72. The summed E-state index contributed by atoms with van der Waals surface area (Å²) in [6.07, 6.45) is 0. The zero-order valence-corrected chi connectivity index (χ0v) is 13.7. The van der Waals surface area contributed by atoms with Crippen molar-refractivity contribution in [2.75, 3.05) is 11.9 Å². The summed E-state index contributed by atoms with van der Waals surface area (Å²) < 4.78 is 1.89. The van der Waals surface area contributed by atoms with Crippen LogP contribution in [-0.4, -0.2) is 16.8 Å². The van der Waals surface area contributed by atoms with Crippen LogP contribution in [0.15, 0.2) is 24.3 Å². The summed E-state index contributed by atoms with van der Waals surface area (Å²) in [6, 6.07) is 8.14. The highest BCUT2D eigenvalue weighted by atomic mass is 35.5. The number of aromatic nitrogens is 2. The summed E-state index contributed by atoms with van der Waals surface area (Å²) in [5.41, 5.74) is 3.27. The van der Waals surface area contributed by atoms with Crippen molar-refractivity contribution >= 4 is 29.0 Å². The number of aryl methyl sites for hydroxylation is 2. The number of anilines is 1. The fraction of sp³-hybridized carbons (Fsp3) is 0.400. The van der Waals surface area contributed by atoms with Gasteiger partial charge in [0, 0.05) is 24.7 Å². The minimum atomic E-state index is 0.212. The quantitative estimate of drug-likeness (QED) is 0.784. The molecule has 5 heteroatoms. The third-order valence-corrected chi connectivity index (χ3v) is 4.23. The third-order valence-electron chi connectivity index (χ3n) is 3.71. The molecule has 3 nitrogen and oxygen atoms in total. The van der Waals surface area contributed by atoms with E-state index in [0.29, 0.717) is 5.88 Å². The molecule has 0 fully saturated rings. The fourth-order valence-electron chi connectivity index (χ4n) is 2.44. The maximum Gasteiger partial charge on any atom is 0.131 e. The summed E-state index contributed by atoms with van der Waals surface area (Å²) >= 11 is 12.0. The van der Waals surface area contributed by atoms with Crippen LogP contribution in [0, 0.1) is 6.92 Å². The molecule has 108 valence electrons. The molecule has 0 spiro atoms. The molecule has 1 atom stereocenters. The van der Waals surface area contributed by atoms with Crippen LogP contribution in [0.4, 0.5) is 5.82 Å². The molecule has 1 aromatic heterocycles. The number of hydrogen-bond donors (Lipinski definition) is 0. The molecule has 2 rings (SSSR count). The van der Waals surface area contributed by atoms with E-state index in [9.17, 15) is 0 Å². The van der Waals surface area contributed by atoms with E-state index in [1.54, 1.807) is 0 Å². The highest BCUT2D eigenvalue weighted by Gasteiger charge is 2.20. The number of halogens is 2. The molecule has 0 aliphatic heterocycles. The van der Waals surface area contributed by atoms with Crippen molar-refractivity contribution in [1.29, 1.82) is 0 Å². The molecule has 2 aromatic rings. The molecule has 1 unspecified atom stereocenters. The minimum Gasteiger partial charge on any atom is -0.353 e. The second-order valence-electron chi connectivity index (χ2n) is 4.98. The first-order valence-electron chi connectivity index (χ1n) is 6.52. The van der Waals surface area contributed by atoms with Crippen molar-refractivity contribution in [1.82, 2.24) is 9.78 Å². The lowest BCUT2D eigenvalue weighted by Crippen LogP contribution is -2.24. The van der Waals surface area contributed by atoms with Gasteiger partial charge < -0.3 is 4.90 Å². The van der Waals surface area contributed by atoms with E-state index in [2.05, 4.69) is 24.0 Å². The second-order valence-corrected chi connectivity index (χ2v) is 5.69. The van der Waals surface area contributed by atoms with Crippen LogP contribution in [0.25, 0.3) is 0 Å². The van der Waals surface area contributed by atoms with Crippen molar-refractivity contribution in [2.45, 2.75) is 25.8 Å². The SMILES string of the molecule is Cc1nn(C)c(N(C)C(C)c2ccc(Cl)cc2)c1CCl. The first-order chi connectivity index (χ1) is 9.45. The maximum atomic E-state index is 6.07. The Labute approximate surface area is 130 Å². The molecular weight excluding hydrogens is 293 g/mol. The minimum absolute atomic E-state index is 0.212. The molecule has 1 aromatic carbocycles. The Morgan fingerprint density at radius 2 is 1.90 bits per heavy atom. The third kappa shape index (κ3) is 2.79. The predicted molar refractivity (Wildman–Crippen MR) is 85.8 cm³/mol. The van der Waals surface area contributed by atoms with Gasteiger partial charge in [0.25, 0.3) is 0 Å². The second kappa shape index (κ2) is 6.06. The summed E-state index contributed by atoms with van der Waals surface area (Å²) in [7, 11) is 4.01. The van der Waals surface area contributed by atoms with Crippen molar-refractivity contribution in [3.63, 3.8) is 0 Å². The van der Waals surface area contributed by atoms with Gasteiger partial charge in [-0.05, 0) is 31.5 Å².